The van der Waals surface area contributed by atoms with Crippen molar-refractivity contribution in [2.45, 2.75) is 37.0 Å². The third kappa shape index (κ3) is 3.70. The first kappa shape index (κ1) is 19.1. The average molecular weight is 390 g/mol. The normalized spacial score (nSPS) is 32.6. The molecule has 2 saturated heterocycles. The Kier molecular flexibility index (Phi) is 5.49. The van der Waals surface area contributed by atoms with E-state index in [0.717, 1.165) is 0 Å². The van der Waals surface area contributed by atoms with Crippen molar-refractivity contribution in [2.24, 2.45) is 0 Å². The standard InChI is InChI=1S/C20H22O8/c21-9-15-17(27-19(25-15)11-1-5-13(23)6-2-11)18-16(10-22)26-20(28-18)12-3-7-14(24)8-4-12/h1-8,15-24H,9-10H2/t15-,16+,17-,18-,19?,20?/m0/s1. The molecule has 8 nitrogen and oxygen atoms in total. The Balaban J connectivity index is 1.52. The van der Waals surface area contributed by atoms with Gasteiger partial charge in [-0.3, -0.25) is 0 Å². The molecule has 0 spiro atoms. The topological polar surface area (TPSA) is 118 Å². The molecule has 4 rings (SSSR count). The molecule has 0 aromatic heterocycles. The molecule has 6 atom stereocenters. The number of aliphatic hydroxyl groups is 2. The second kappa shape index (κ2) is 8.04. The zero-order valence-corrected chi connectivity index (χ0v) is 14.9. The molecule has 0 aliphatic carbocycles. The summed E-state index contributed by atoms with van der Waals surface area (Å²) in [7, 11) is 0. The molecule has 2 aliphatic rings. The predicted molar refractivity (Wildman–Crippen MR) is 95.4 cm³/mol. The van der Waals surface area contributed by atoms with E-state index < -0.39 is 37.0 Å². The van der Waals surface area contributed by atoms with Crippen molar-refractivity contribution in [1.29, 1.82) is 0 Å². The lowest BCUT2D eigenvalue weighted by Crippen LogP contribution is -2.44. The molecule has 2 unspecified atom stereocenters. The summed E-state index contributed by atoms with van der Waals surface area (Å²) in [5.41, 5.74) is 1.38. The summed E-state index contributed by atoms with van der Waals surface area (Å²) < 4.78 is 23.6. The van der Waals surface area contributed by atoms with Crippen LogP contribution in [0.1, 0.15) is 23.7 Å². The molecule has 2 aromatic carbocycles. The second-order valence-electron chi connectivity index (χ2n) is 6.76. The third-order valence-corrected chi connectivity index (χ3v) is 4.91. The van der Waals surface area contributed by atoms with Gasteiger partial charge in [-0.1, -0.05) is 24.3 Å². The summed E-state index contributed by atoms with van der Waals surface area (Å²) in [5.74, 6) is 0.253. The minimum absolute atomic E-state index is 0.126. The first-order valence-electron chi connectivity index (χ1n) is 9.00. The van der Waals surface area contributed by atoms with Crippen molar-refractivity contribution >= 4 is 0 Å². The molecule has 4 N–H and O–H groups in total. The highest BCUT2D eigenvalue weighted by Crippen LogP contribution is 2.40. The Labute approximate surface area is 161 Å². The Morgan fingerprint density at radius 2 is 0.929 bits per heavy atom. The number of rotatable bonds is 5. The fraction of sp³-hybridized carbons (Fsp3) is 0.400. The number of ether oxygens (including phenoxy) is 4. The number of phenols is 2. The van der Waals surface area contributed by atoms with Crippen molar-refractivity contribution in [3.63, 3.8) is 0 Å². The van der Waals surface area contributed by atoms with Gasteiger partial charge in [-0.2, -0.15) is 0 Å². The van der Waals surface area contributed by atoms with Crippen LogP contribution in [0.3, 0.4) is 0 Å². The lowest BCUT2D eigenvalue weighted by molar-refractivity contribution is -0.107. The highest BCUT2D eigenvalue weighted by molar-refractivity contribution is 5.28. The highest BCUT2D eigenvalue weighted by Gasteiger charge is 2.49. The van der Waals surface area contributed by atoms with Crippen LogP contribution < -0.4 is 0 Å². The average Bonchev–Trinajstić information content (AvgIpc) is 3.33. The van der Waals surface area contributed by atoms with E-state index in [9.17, 15) is 20.4 Å². The van der Waals surface area contributed by atoms with Gasteiger partial charge in [0.05, 0.1) is 13.2 Å². The van der Waals surface area contributed by atoms with Crippen LogP contribution in [0.5, 0.6) is 11.5 Å². The summed E-state index contributed by atoms with van der Waals surface area (Å²) in [6, 6.07) is 12.8. The van der Waals surface area contributed by atoms with Crippen LogP contribution in [0.2, 0.25) is 0 Å². The largest absolute Gasteiger partial charge is 0.508 e. The number of aliphatic hydroxyl groups excluding tert-OH is 2. The van der Waals surface area contributed by atoms with Crippen molar-refractivity contribution in [2.75, 3.05) is 13.2 Å². The van der Waals surface area contributed by atoms with Gasteiger partial charge in [0.2, 0.25) is 0 Å². The molecule has 0 radical (unpaired) electrons. The predicted octanol–water partition coefficient (Wildman–Crippen LogP) is 1.35. The zero-order valence-electron chi connectivity index (χ0n) is 14.9. The van der Waals surface area contributed by atoms with Gasteiger partial charge in [0.25, 0.3) is 0 Å². The maximum Gasteiger partial charge on any atom is 0.184 e. The van der Waals surface area contributed by atoms with Crippen molar-refractivity contribution < 1.29 is 39.4 Å². The molecule has 0 bridgehead atoms. The fourth-order valence-corrected chi connectivity index (χ4v) is 3.45. The molecule has 28 heavy (non-hydrogen) atoms. The van der Waals surface area contributed by atoms with Gasteiger partial charge in [0, 0.05) is 11.1 Å². The van der Waals surface area contributed by atoms with Gasteiger partial charge >= 0.3 is 0 Å². The Morgan fingerprint density at radius 1 is 0.571 bits per heavy atom. The monoisotopic (exact) mass is 390 g/mol. The Hall–Kier alpha value is -2.20. The van der Waals surface area contributed by atoms with E-state index in [2.05, 4.69) is 0 Å². The number of phenolic OH excluding ortho intramolecular Hbond substituents is 2. The quantitative estimate of drug-likeness (QED) is 0.604. The van der Waals surface area contributed by atoms with Crippen molar-refractivity contribution in [3.8, 4) is 11.5 Å². The highest BCUT2D eigenvalue weighted by atomic mass is 16.8. The number of hydrogen-bond donors (Lipinski definition) is 4. The van der Waals surface area contributed by atoms with Crippen molar-refractivity contribution in [1.82, 2.24) is 0 Å². The summed E-state index contributed by atoms with van der Waals surface area (Å²) in [6.07, 6.45) is -4.14. The van der Waals surface area contributed by atoms with E-state index in [-0.39, 0.29) is 24.7 Å². The van der Waals surface area contributed by atoms with Gasteiger partial charge in [-0.25, -0.2) is 0 Å². The van der Waals surface area contributed by atoms with Gasteiger partial charge in [-0.05, 0) is 24.3 Å². The number of hydrogen-bond acceptors (Lipinski definition) is 8. The molecular formula is C20H22O8. The molecule has 0 amide bonds. The first-order valence-corrected chi connectivity index (χ1v) is 9.00. The zero-order chi connectivity index (χ0) is 19.7. The van der Waals surface area contributed by atoms with Crippen LogP contribution in [0.4, 0.5) is 0 Å². The molecule has 2 heterocycles. The van der Waals surface area contributed by atoms with E-state index >= 15 is 0 Å². The molecule has 150 valence electrons. The fourth-order valence-electron chi connectivity index (χ4n) is 3.45. The Bertz CT molecular complexity index is 710. The molecule has 8 heteroatoms. The summed E-state index contributed by atoms with van der Waals surface area (Å²) >= 11 is 0. The van der Waals surface area contributed by atoms with Crippen LogP contribution in [-0.2, 0) is 18.9 Å². The second-order valence-corrected chi connectivity index (χ2v) is 6.76. The summed E-state index contributed by atoms with van der Waals surface area (Å²) in [4.78, 5) is 0. The van der Waals surface area contributed by atoms with Crippen LogP contribution >= 0.6 is 0 Å². The van der Waals surface area contributed by atoms with E-state index in [1.807, 2.05) is 0 Å². The van der Waals surface area contributed by atoms with Gasteiger partial charge < -0.3 is 39.4 Å². The number of benzene rings is 2. The first-order chi connectivity index (χ1) is 13.6. The molecular weight excluding hydrogens is 368 g/mol. The van der Waals surface area contributed by atoms with Crippen molar-refractivity contribution in [3.05, 3.63) is 59.7 Å². The van der Waals surface area contributed by atoms with E-state index in [1.165, 1.54) is 24.3 Å². The lowest BCUT2D eigenvalue weighted by Gasteiger charge is -2.23. The Morgan fingerprint density at radius 3 is 1.25 bits per heavy atom. The maximum absolute atomic E-state index is 9.75. The molecule has 2 aliphatic heterocycles. The maximum atomic E-state index is 9.75. The van der Waals surface area contributed by atoms with E-state index in [4.69, 9.17) is 18.9 Å². The SMILES string of the molecule is OC[C@@H]1OC(c2ccc(O)cc2)O[C@@H]1[C@H]1OC(c2ccc(O)cc2)O[C@@H]1CO. The van der Waals surface area contributed by atoms with Crippen LogP contribution in [0, 0.1) is 0 Å². The van der Waals surface area contributed by atoms with E-state index in [0.29, 0.717) is 11.1 Å². The van der Waals surface area contributed by atoms with E-state index in [1.54, 1.807) is 24.3 Å². The van der Waals surface area contributed by atoms with Gasteiger partial charge in [0.1, 0.15) is 35.9 Å². The lowest BCUT2D eigenvalue weighted by atomic mass is 10.0. The molecule has 2 aromatic rings. The van der Waals surface area contributed by atoms with Crippen LogP contribution in [0.25, 0.3) is 0 Å². The summed E-state index contributed by atoms with van der Waals surface area (Å²) in [6.45, 7) is -0.581. The smallest absolute Gasteiger partial charge is 0.184 e. The van der Waals surface area contributed by atoms with Gasteiger partial charge in [-0.15, -0.1) is 0 Å². The number of aromatic hydroxyl groups is 2. The molecule has 2 fully saturated rings. The van der Waals surface area contributed by atoms with Gasteiger partial charge in [0.15, 0.2) is 12.6 Å². The summed E-state index contributed by atoms with van der Waals surface area (Å²) in [5, 5.41) is 38.4. The minimum Gasteiger partial charge on any atom is -0.508 e. The third-order valence-electron chi connectivity index (χ3n) is 4.91. The van der Waals surface area contributed by atoms with Crippen LogP contribution in [0.15, 0.2) is 48.5 Å². The van der Waals surface area contributed by atoms with Crippen LogP contribution in [-0.4, -0.2) is 58.1 Å². The minimum atomic E-state index is -0.738. The molecule has 0 saturated carbocycles.